The Balaban J connectivity index is 1.71. The third-order valence-electron chi connectivity index (χ3n) is 4.24. The maximum Gasteiger partial charge on any atom is 0.417 e. The number of carbonyl (C=O) groups excluding carboxylic acids is 1. The molecule has 2 aromatic carbocycles. The van der Waals surface area contributed by atoms with Crippen LogP contribution in [0.4, 0.5) is 26.3 Å². The van der Waals surface area contributed by atoms with Crippen molar-refractivity contribution in [2.45, 2.75) is 18.9 Å². The zero-order valence-corrected chi connectivity index (χ0v) is 15.4. The number of hydrogen-bond donors (Lipinski definition) is 1. The molecule has 1 N–H and O–H groups in total. The van der Waals surface area contributed by atoms with Crippen LogP contribution in [0.25, 0.3) is 5.69 Å². The van der Waals surface area contributed by atoms with Crippen LogP contribution < -0.4 is 5.32 Å². The predicted molar refractivity (Wildman–Crippen MR) is 95.9 cm³/mol. The lowest BCUT2D eigenvalue weighted by Crippen LogP contribution is -2.23. The van der Waals surface area contributed by atoms with Crippen molar-refractivity contribution in [3.05, 3.63) is 82.7 Å². The lowest BCUT2D eigenvalue weighted by Gasteiger charge is -2.11. The van der Waals surface area contributed by atoms with Crippen molar-refractivity contribution in [2.24, 2.45) is 0 Å². The second-order valence-electron chi connectivity index (χ2n) is 6.35. The molecule has 1 heterocycles. The van der Waals surface area contributed by atoms with E-state index in [0.29, 0.717) is 5.69 Å². The summed E-state index contributed by atoms with van der Waals surface area (Å²) in [5.41, 5.74) is -2.13. The minimum atomic E-state index is -4.72. The molecule has 160 valence electrons. The van der Waals surface area contributed by atoms with Gasteiger partial charge in [-0.15, -0.1) is 0 Å². The topological polar surface area (TPSA) is 70.7 Å². The van der Waals surface area contributed by atoms with Crippen LogP contribution in [0, 0.1) is 11.3 Å². The number of rotatable bonds is 4. The Morgan fingerprint density at radius 2 is 1.68 bits per heavy atom. The van der Waals surface area contributed by atoms with E-state index in [2.05, 4.69) is 10.4 Å². The first-order valence-electron chi connectivity index (χ1n) is 8.61. The number of benzene rings is 2. The van der Waals surface area contributed by atoms with Crippen LogP contribution in [-0.2, 0) is 18.9 Å². The van der Waals surface area contributed by atoms with E-state index < -0.39 is 35.0 Å². The van der Waals surface area contributed by atoms with Gasteiger partial charge in [-0.3, -0.25) is 4.79 Å². The molecule has 0 aliphatic carbocycles. The summed E-state index contributed by atoms with van der Waals surface area (Å²) < 4.78 is 78.2. The fraction of sp³-hybridized carbons (Fsp3) is 0.150. The van der Waals surface area contributed by atoms with E-state index in [1.54, 1.807) is 0 Å². The predicted octanol–water partition coefficient (Wildman–Crippen LogP) is 4.71. The van der Waals surface area contributed by atoms with Crippen molar-refractivity contribution in [2.75, 3.05) is 0 Å². The van der Waals surface area contributed by atoms with Crippen molar-refractivity contribution in [3.63, 3.8) is 0 Å². The Bertz CT molecular complexity index is 1140. The summed E-state index contributed by atoms with van der Waals surface area (Å²) in [6.45, 7) is -0.102. The van der Waals surface area contributed by atoms with Crippen LogP contribution in [0.1, 0.15) is 32.7 Å². The first-order valence-corrected chi connectivity index (χ1v) is 8.61. The minimum Gasteiger partial charge on any atom is -0.346 e. The molecular formula is C20H12F6N4O. The Kier molecular flexibility index (Phi) is 5.75. The molecule has 0 aliphatic heterocycles. The number of hydrogen-bond acceptors (Lipinski definition) is 3. The fourth-order valence-electron chi connectivity index (χ4n) is 2.69. The lowest BCUT2D eigenvalue weighted by atomic mass is 10.1. The monoisotopic (exact) mass is 438 g/mol. The molecule has 0 atom stereocenters. The molecule has 0 fully saturated rings. The normalized spacial score (nSPS) is 11.8. The Labute approximate surface area is 171 Å². The molecule has 3 rings (SSSR count). The third kappa shape index (κ3) is 5.03. The van der Waals surface area contributed by atoms with Gasteiger partial charge in [0.1, 0.15) is 0 Å². The van der Waals surface area contributed by atoms with E-state index >= 15 is 0 Å². The van der Waals surface area contributed by atoms with E-state index in [4.69, 9.17) is 5.26 Å². The number of nitrogens with one attached hydrogen (secondary N) is 1. The summed E-state index contributed by atoms with van der Waals surface area (Å²) in [5, 5.41) is 15.4. The molecule has 1 aromatic heterocycles. The van der Waals surface area contributed by atoms with E-state index in [1.165, 1.54) is 24.4 Å². The number of aromatic nitrogens is 2. The van der Waals surface area contributed by atoms with Gasteiger partial charge in [0.25, 0.3) is 5.91 Å². The van der Waals surface area contributed by atoms with Crippen LogP contribution in [0.3, 0.4) is 0 Å². The highest BCUT2D eigenvalue weighted by atomic mass is 19.4. The minimum absolute atomic E-state index is 0.00865. The summed E-state index contributed by atoms with van der Waals surface area (Å²) in [5.74, 6) is -0.638. The summed E-state index contributed by atoms with van der Waals surface area (Å²) in [6.07, 6.45) is -7.85. The van der Waals surface area contributed by atoms with Gasteiger partial charge in [0.15, 0.2) is 0 Å². The molecule has 0 bridgehead atoms. The third-order valence-corrected chi connectivity index (χ3v) is 4.24. The van der Waals surface area contributed by atoms with Crippen molar-refractivity contribution in [1.82, 2.24) is 15.1 Å². The highest BCUT2D eigenvalue weighted by Crippen LogP contribution is 2.33. The lowest BCUT2D eigenvalue weighted by molar-refractivity contribution is -0.138. The van der Waals surface area contributed by atoms with Gasteiger partial charge in [-0.1, -0.05) is 0 Å². The number of alkyl halides is 6. The highest BCUT2D eigenvalue weighted by Gasteiger charge is 2.34. The molecule has 0 radical (unpaired) electrons. The molecule has 31 heavy (non-hydrogen) atoms. The Hall–Kier alpha value is -3.81. The zero-order valence-electron chi connectivity index (χ0n) is 15.4. The number of nitriles is 1. The first-order chi connectivity index (χ1) is 14.5. The van der Waals surface area contributed by atoms with Gasteiger partial charge in [-0.05, 0) is 48.5 Å². The average Bonchev–Trinajstić information content (AvgIpc) is 3.19. The van der Waals surface area contributed by atoms with Crippen molar-refractivity contribution in [1.29, 1.82) is 5.26 Å². The zero-order chi connectivity index (χ0) is 22.8. The quantitative estimate of drug-likeness (QED) is 0.600. The molecule has 1 amide bonds. The van der Waals surface area contributed by atoms with Crippen LogP contribution in [0.15, 0.2) is 54.7 Å². The van der Waals surface area contributed by atoms with Gasteiger partial charge in [-0.25, -0.2) is 4.68 Å². The van der Waals surface area contributed by atoms with Gasteiger partial charge < -0.3 is 5.32 Å². The average molecular weight is 438 g/mol. The molecule has 3 aromatic rings. The summed E-state index contributed by atoms with van der Waals surface area (Å²) >= 11 is 0. The molecular weight excluding hydrogens is 426 g/mol. The smallest absolute Gasteiger partial charge is 0.346 e. The van der Waals surface area contributed by atoms with E-state index in [9.17, 15) is 31.1 Å². The molecule has 0 saturated carbocycles. The van der Waals surface area contributed by atoms with Crippen LogP contribution in [0.2, 0.25) is 0 Å². The SMILES string of the molecule is N#Cc1ccc(-n2ccc(CNC(=O)c3ccc(C(F)(F)F)cc3)n2)cc1C(F)(F)F. The molecule has 0 aliphatic rings. The Morgan fingerprint density at radius 1 is 1.00 bits per heavy atom. The number of carbonyl (C=O) groups is 1. The van der Waals surface area contributed by atoms with Crippen LogP contribution in [-0.4, -0.2) is 15.7 Å². The van der Waals surface area contributed by atoms with E-state index in [-0.39, 0.29) is 17.8 Å². The van der Waals surface area contributed by atoms with Crippen molar-refractivity contribution >= 4 is 5.91 Å². The van der Waals surface area contributed by atoms with E-state index in [0.717, 1.165) is 41.1 Å². The van der Waals surface area contributed by atoms with Crippen LogP contribution in [0.5, 0.6) is 0 Å². The molecule has 11 heteroatoms. The molecule has 0 saturated heterocycles. The number of nitrogens with zero attached hydrogens (tertiary/aromatic N) is 3. The van der Waals surface area contributed by atoms with Crippen molar-refractivity contribution in [3.8, 4) is 11.8 Å². The molecule has 0 unspecified atom stereocenters. The van der Waals surface area contributed by atoms with E-state index in [1.807, 2.05) is 0 Å². The second kappa shape index (κ2) is 8.14. The first kappa shape index (κ1) is 21.9. The van der Waals surface area contributed by atoms with Gasteiger partial charge >= 0.3 is 12.4 Å². The summed E-state index contributed by atoms with van der Waals surface area (Å²) in [7, 11) is 0. The Morgan fingerprint density at radius 3 is 2.26 bits per heavy atom. The summed E-state index contributed by atoms with van der Waals surface area (Å²) in [6, 6.07) is 9.70. The van der Waals surface area contributed by atoms with Gasteiger partial charge in [0, 0.05) is 11.8 Å². The van der Waals surface area contributed by atoms with Crippen molar-refractivity contribution < 1.29 is 31.1 Å². The molecule has 0 spiro atoms. The molecule has 5 nitrogen and oxygen atoms in total. The maximum absolute atomic E-state index is 13.1. The van der Waals surface area contributed by atoms with Gasteiger partial charge in [0.2, 0.25) is 0 Å². The number of amides is 1. The fourth-order valence-corrected chi connectivity index (χ4v) is 2.69. The number of halogens is 6. The standard InChI is InChI=1S/C20H12F6N4O/c21-19(22,23)14-4-1-12(2-5-14)18(31)28-11-15-7-8-30(29-15)16-6-3-13(10-27)17(9-16)20(24,25)26/h1-9H,11H2,(H,28,31). The van der Waals surface area contributed by atoms with Gasteiger partial charge in [-0.2, -0.15) is 36.7 Å². The second-order valence-corrected chi connectivity index (χ2v) is 6.35. The maximum atomic E-state index is 13.1. The largest absolute Gasteiger partial charge is 0.417 e. The summed E-state index contributed by atoms with van der Waals surface area (Å²) in [4.78, 5) is 12.1. The highest BCUT2D eigenvalue weighted by molar-refractivity contribution is 5.94. The van der Waals surface area contributed by atoms with Crippen LogP contribution >= 0.6 is 0 Å². The van der Waals surface area contributed by atoms with Gasteiger partial charge in [0.05, 0.1) is 40.7 Å².